The van der Waals surface area contributed by atoms with Crippen LogP contribution >= 0.6 is 0 Å². The topological polar surface area (TPSA) is 49.7 Å². The van der Waals surface area contributed by atoms with Crippen LogP contribution in [0.15, 0.2) is 48.5 Å². The highest BCUT2D eigenvalue weighted by Gasteiger charge is 2.30. The smallest absolute Gasteiger partial charge is 0.416 e. The Morgan fingerprint density at radius 3 is 2.43 bits per heavy atom. The first-order valence-corrected chi connectivity index (χ1v) is 9.16. The zero-order chi connectivity index (χ0) is 21.5. The van der Waals surface area contributed by atoms with Gasteiger partial charge in [-0.25, -0.2) is 0 Å². The van der Waals surface area contributed by atoms with E-state index in [1.54, 1.807) is 6.07 Å². The number of Topliss-reactive ketones (excluding diaryl/α,β-unsaturated/α-hetero) is 1. The van der Waals surface area contributed by atoms with E-state index in [2.05, 4.69) is 0 Å². The summed E-state index contributed by atoms with van der Waals surface area (Å²) in [6, 6.07) is 11.5. The zero-order valence-electron chi connectivity index (χ0n) is 16.2. The maximum Gasteiger partial charge on any atom is 0.416 e. The molecule has 0 spiro atoms. The van der Waals surface area contributed by atoms with Crippen molar-refractivity contribution in [1.82, 2.24) is 4.57 Å². The number of benzene rings is 2. The van der Waals surface area contributed by atoms with E-state index >= 15 is 0 Å². The predicted octanol–water partition coefficient (Wildman–Crippen LogP) is 5.10. The van der Waals surface area contributed by atoms with Crippen LogP contribution in [-0.2, 0) is 6.18 Å². The molecule has 1 aromatic heterocycles. The Morgan fingerprint density at radius 2 is 1.73 bits per heavy atom. The van der Waals surface area contributed by atoms with Crippen molar-refractivity contribution < 1.29 is 32.2 Å². The van der Waals surface area contributed by atoms with Crippen LogP contribution < -0.4 is 14.2 Å². The van der Waals surface area contributed by atoms with Crippen LogP contribution in [0.2, 0.25) is 0 Å². The lowest BCUT2D eigenvalue weighted by atomic mass is 10.1. The number of fused-ring (bicyclic) bond motifs is 1. The Balaban J connectivity index is 1.51. The summed E-state index contributed by atoms with van der Waals surface area (Å²) in [7, 11) is 0. The van der Waals surface area contributed by atoms with Crippen molar-refractivity contribution >= 4 is 5.78 Å². The highest BCUT2D eigenvalue weighted by Crippen LogP contribution is 2.35. The monoisotopic (exact) mass is 417 g/mol. The van der Waals surface area contributed by atoms with E-state index in [9.17, 15) is 18.0 Å². The van der Waals surface area contributed by atoms with E-state index in [-0.39, 0.29) is 24.9 Å². The molecule has 0 fully saturated rings. The second-order valence-corrected chi connectivity index (χ2v) is 6.89. The largest absolute Gasteiger partial charge is 0.485 e. The molecule has 1 aliphatic heterocycles. The van der Waals surface area contributed by atoms with Gasteiger partial charge in [0.1, 0.15) is 5.75 Å². The summed E-state index contributed by atoms with van der Waals surface area (Å²) in [5, 5.41) is 0. The van der Waals surface area contributed by atoms with Crippen molar-refractivity contribution in [3.8, 4) is 22.9 Å². The molecule has 0 aliphatic carbocycles. The number of carbonyl (C=O) groups excluding carboxylic acids is 1. The molecule has 0 amide bonds. The van der Waals surface area contributed by atoms with Crippen LogP contribution in [-0.4, -0.2) is 23.8 Å². The number of alkyl halides is 3. The maximum absolute atomic E-state index is 12.7. The fraction of sp³-hybridized carbons (Fsp3) is 0.227. The highest BCUT2D eigenvalue weighted by atomic mass is 19.4. The minimum Gasteiger partial charge on any atom is -0.485 e. The summed E-state index contributed by atoms with van der Waals surface area (Å²) in [6.07, 6.45) is -4.42. The number of halogens is 3. The van der Waals surface area contributed by atoms with Crippen LogP contribution in [0.4, 0.5) is 13.2 Å². The Kier molecular flexibility index (Phi) is 4.93. The van der Waals surface area contributed by atoms with Gasteiger partial charge in [-0.15, -0.1) is 0 Å². The Hall–Kier alpha value is -3.42. The number of rotatable bonds is 5. The van der Waals surface area contributed by atoms with E-state index in [0.717, 1.165) is 29.2 Å². The second kappa shape index (κ2) is 7.44. The molecule has 30 heavy (non-hydrogen) atoms. The molecule has 5 nitrogen and oxygen atoms in total. The van der Waals surface area contributed by atoms with Gasteiger partial charge in [0, 0.05) is 28.7 Å². The Morgan fingerprint density at radius 1 is 1.03 bits per heavy atom. The van der Waals surface area contributed by atoms with Crippen molar-refractivity contribution in [2.75, 3.05) is 13.4 Å². The Labute approximate surface area is 170 Å². The summed E-state index contributed by atoms with van der Waals surface area (Å²) in [5.74, 6) is 1.23. The molecular formula is C22H18F3NO4. The van der Waals surface area contributed by atoms with Crippen molar-refractivity contribution in [1.29, 1.82) is 0 Å². The lowest BCUT2D eigenvalue weighted by Crippen LogP contribution is -2.13. The summed E-state index contributed by atoms with van der Waals surface area (Å²) in [6.45, 7) is 3.60. The summed E-state index contributed by atoms with van der Waals surface area (Å²) < 4.78 is 56.0. The molecule has 0 bridgehead atoms. The molecule has 2 heterocycles. The van der Waals surface area contributed by atoms with E-state index < -0.39 is 11.7 Å². The van der Waals surface area contributed by atoms with Crippen LogP contribution in [0.25, 0.3) is 5.69 Å². The number of aromatic nitrogens is 1. The van der Waals surface area contributed by atoms with Gasteiger partial charge in [0.05, 0.1) is 5.56 Å². The number of hydrogen-bond donors (Lipinski definition) is 0. The normalized spacial score (nSPS) is 12.8. The minimum atomic E-state index is -4.42. The van der Waals surface area contributed by atoms with Crippen LogP contribution in [0.5, 0.6) is 17.2 Å². The first kappa shape index (κ1) is 19.9. The van der Waals surface area contributed by atoms with E-state index in [4.69, 9.17) is 14.2 Å². The molecule has 3 aromatic rings. The first-order valence-electron chi connectivity index (χ1n) is 9.16. The third-order valence-corrected chi connectivity index (χ3v) is 4.90. The summed E-state index contributed by atoms with van der Waals surface area (Å²) >= 11 is 0. The minimum absolute atomic E-state index is 0.174. The maximum atomic E-state index is 12.7. The molecule has 0 N–H and O–H groups in total. The molecule has 0 saturated carbocycles. The zero-order valence-corrected chi connectivity index (χ0v) is 16.2. The van der Waals surface area contributed by atoms with Gasteiger partial charge in [-0.05, 0) is 56.3 Å². The number of aryl methyl sites for hydroxylation is 1. The number of ketones is 1. The average Bonchev–Trinajstić information content (AvgIpc) is 3.29. The number of ether oxygens (including phenoxy) is 3. The van der Waals surface area contributed by atoms with Crippen molar-refractivity contribution in [2.24, 2.45) is 0 Å². The number of carbonyl (C=O) groups is 1. The lowest BCUT2D eigenvalue weighted by molar-refractivity contribution is -0.137. The fourth-order valence-corrected chi connectivity index (χ4v) is 3.43. The van der Waals surface area contributed by atoms with Crippen LogP contribution in [0, 0.1) is 13.8 Å². The predicted molar refractivity (Wildman–Crippen MR) is 103 cm³/mol. The van der Waals surface area contributed by atoms with Gasteiger partial charge in [-0.2, -0.15) is 13.2 Å². The molecule has 1 aliphatic rings. The van der Waals surface area contributed by atoms with E-state index in [0.29, 0.717) is 17.1 Å². The van der Waals surface area contributed by atoms with Crippen LogP contribution in [0.3, 0.4) is 0 Å². The van der Waals surface area contributed by atoms with Gasteiger partial charge < -0.3 is 18.8 Å². The van der Waals surface area contributed by atoms with Gasteiger partial charge in [-0.3, -0.25) is 4.79 Å². The molecule has 0 atom stereocenters. The standard InChI is InChI=1S/C22H18F3NO4/c1-13-9-18(14(2)26(13)16-5-8-20-21(10-16)30-12-29-20)19(27)11-28-17-6-3-15(4-7-17)22(23,24)25/h3-10H,11-12H2,1-2H3. The molecule has 0 unspecified atom stereocenters. The fourth-order valence-electron chi connectivity index (χ4n) is 3.43. The third-order valence-electron chi connectivity index (χ3n) is 4.90. The second-order valence-electron chi connectivity index (χ2n) is 6.89. The molecule has 156 valence electrons. The molecule has 0 radical (unpaired) electrons. The van der Waals surface area contributed by atoms with Gasteiger partial charge in [0.25, 0.3) is 0 Å². The quantitative estimate of drug-likeness (QED) is 0.542. The number of hydrogen-bond acceptors (Lipinski definition) is 4. The number of nitrogens with zero attached hydrogens (tertiary/aromatic N) is 1. The molecule has 0 saturated heterocycles. The van der Waals surface area contributed by atoms with E-state index in [1.165, 1.54) is 12.1 Å². The molecular weight excluding hydrogens is 399 g/mol. The SMILES string of the molecule is Cc1cc(C(=O)COc2ccc(C(F)(F)F)cc2)c(C)n1-c1ccc2c(c1)OCO2. The van der Waals surface area contributed by atoms with E-state index in [1.807, 2.05) is 36.6 Å². The average molecular weight is 417 g/mol. The van der Waals surface area contributed by atoms with Crippen molar-refractivity contribution in [2.45, 2.75) is 20.0 Å². The van der Waals surface area contributed by atoms with Gasteiger partial charge in [0.2, 0.25) is 12.6 Å². The molecule has 8 heteroatoms. The molecule has 4 rings (SSSR count). The molecule has 2 aromatic carbocycles. The first-order chi connectivity index (χ1) is 14.2. The summed E-state index contributed by atoms with van der Waals surface area (Å²) in [5.41, 5.74) is 2.12. The Bertz CT molecular complexity index is 1100. The van der Waals surface area contributed by atoms with Crippen molar-refractivity contribution in [3.63, 3.8) is 0 Å². The third kappa shape index (κ3) is 3.72. The highest BCUT2D eigenvalue weighted by molar-refractivity contribution is 5.98. The van der Waals surface area contributed by atoms with Crippen LogP contribution in [0.1, 0.15) is 27.3 Å². The van der Waals surface area contributed by atoms with Gasteiger partial charge in [-0.1, -0.05) is 0 Å². The summed E-state index contributed by atoms with van der Waals surface area (Å²) in [4.78, 5) is 12.7. The van der Waals surface area contributed by atoms with Gasteiger partial charge in [0.15, 0.2) is 18.1 Å². The van der Waals surface area contributed by atoms with Crippen molar-refractivity contribution in [3.05, 3.63) is 71.0 Å². The van der Waals surface area contributed by atoms with Gasteiger partial charge >= 0.3 is 6.18 Å². The lowest BCUT2D eigenvalue weighted by Gasteiger charge is -2.11.